The molecule has 0 spiro atoms. The molecule has 6 heteroatoms. The van der Waals surface area contributed by atoms with Crippen molar-refractivity contribution in [1.82, 2.24) is 0 Å². The van der Waals surface area contributed by atoms with Crippen LogP contribution in [0.4, 0.5) is 5.69 Å². The summed E-state index contributed by atoms with van der Waals surface area (Å²) in [5.74, 6) is -0.0199. The van der Waals surface area contributed by atoms with Gasteiger partial charge in [0.25, 0.3) is 0 Å². The second-order valence-electron chi connectivity index (χ2n) is 5.03. The number of hydrogen-bond acceptors (Lipinski definition) is 3. The lowest BCUT2D eigenvalue weighted by atomic mass is 10.0. The average Bonchev–Trinajstić information content (AvgIpc) is 2.93. The second-order valence-corrected chi connectivity index (χ2v) is 5.87. The minimum atomic E-state index is -0.0428. The molecule has 0 bridgehead atoms. The van der Waals surface area contributed by atoms with Crippen LogP contribution in [0, 0.1) is 5.41 Å². The van der Waals surface area contributed by atoms with E-state index in [4.69, 9.17) is 34.3 Å². The number of rotatable bonds is 3. The van der Waals surface area contributed by atoms with Gasteiger partial charge >= 0.3 is 0 Å². The molecule has 2 aromatic rings. The van der Waals surface area contributed by atoms with Crippen LogP contribution in [0.1, 0.15) is 18.0 Å². The number of nitrogens with zero attached hydrogens (tertiary/aromatic N) is 2. The van der Waals surface area contributed by atoms with Crippen LogP contribution in [0.2, 0.25) is 10.0 Å². The molecule has 0 aromatic heterocycles. The summed E-state index contributed by atoms with van der Waals surface area (Å²) in [6.07, 6.45) is 0.568. The van der Waals surface area contributed by atoms with Gasteiger partial charge < -0.3 is 5.73 Å². The summed E-state index contributed by atoms with van der Waals surface area (Å²) in [5, 5.41) is 15.0. The second kappa shape index (κ2) is 5.99. The Balaban J connectivity index is 2.05. The molecule has 4 nitrogen and oxygen atoms in total. The molecule has 0 fully saturated rings. The van der Waals surface area contributed by atoms with Crippen molar-refractivity contribution in [2.45, 2.75) is 12.5 Å². The zero-order valence-electron chi connectivity index (χ0n) is 11.6. The predicted octanol–water partition coefficient (Wildman–Crippen LogP) is 4.24. The molecule has 1 unspecified atom stereocenters. The third-order valence-corrected chi connectivity index (χ3v) is 4.10. The van der Waals surface area contributed by atoms with Gasteiger partial charge in [-0.3, -0.25) is 10.4 Å². The van der Waals surface area contributed by atoms with Crippen molar-refractivity contribution in [3.05, 3.63) is 64.1 Å². The molecule has 0 saturated carbocycles. The highest BCUT2D eigenvalue weighted by Crippen LogP contribution is 2.39. The van der Waals surface area contributed by atoms with Crippen molar-refractivity contribution < 1.29 is 0 Å². The predicted molar refractivity (Wildman–Crippen MR) is 92.1 cm³/mol. The molecule has 0 saturated heterocycles. The molecule has 1 aliphatic rings. The fourth-order valence-corrected chi connectivity index (χ4v) is 2.99. The van der Waals surface area contributed by atoms with E-state index in [1.807, 2.05) is 41.4 Å². The van der Waals surface area contributed by atoms with Gasteiger partial charge in [-0.05, 0) is 23.8 Å². The summed E-state index contributed by atoms with van der Waals surface area (Å²) in [4.78, 5) is 0. The molecule has 1 heterocycles. The molecule has 1 aliphatic heterocycles. The number of benzene rings is 2. The van der Waals surface area contributed by atoms with Crippen molar-refractivity contribution in [1.29, 1.82) is 5.41 Å². The maximum absolute atomic E-state index is 7.65. The van der Waals surface area contributed by atoms with Crippen LogP contribution in [0.15, 0.2) is 53.6 Å². The number of nitrogens with one attached hydrogen (secondary N) is 1. The van der Waals surface area contributed by atoms with Crippen LogP contribution < -0.4 is 10.7 Å². The zero-order valence-corrected chi connectivity index (χ0v) is 13.1. The Bertz CT molecular complexity index is 743. The van der Waals surface area contributed by atoms with E-state index in [0.717, 1.165) is 11.3 Å². The minimum Gasteiger partial charge on any atom is -0.383 e. The number of anilines is 1. The quantitative estimate of drug-likeness (QED) is 0.652. The average molecular weight is 333 g/mol. The van der Waals surface area contributed by atoms with Gasteiger partial charge in [0.15, 0.2) is 0 Å². The van der Waals surface area contributed by atoms with Gasteiger partial charge in [0.2, 0.25) is 0 Å². The number of nitrogens with two attached hydrogens (primary N) is 1. The fourth-order valence-electron chi connectivity index (χ4n) is 2.50. The van der Waals surface area contributed by atoms with Crippen molar-refractivity contribution in [2.24, 2.45) is 10.8 Å². The third kappa shape index (κ3) is 2.80. The molecular weight excluding hydrogens is 319 g/mol. The van der Waals surface area contributed by atoms with E-state index in [0.29, 0.717) is 22.2 Å². The summed E-state index contributed by atoms with van der Waals surface area (Å²) < 4.78 is 0. The first-order valence-corrected chi connectivity index (χ1v) is 7.53. The number of amidine groups is 1. The maximum atomic E-state index is 7.65. The summed E-state index contributed by atoms with van der Waals surface area (Å²) in [6.45, 7) is 0. The molecule has 0 amide bonds. The molecule has 0 aliphatic carbocycles. The molecule has 3 N–H and O–H groups in total. The molecule has 112 valence electrons. The molecule has 2 aromatic carbocycles. The number of hydrogen-bond donors (Lipinski definition) is 2. The first-order chi connectivity index (χ1) is 10.6. The number of halogens is 2. The smallest absolute Gasteiger partial charge is 0.139 e. The van der Waals surface area contributed by atoms with Crippen LogP contribution in [-0.2, 0) is 0 Å². The highest BCUT2D eigenvalue weighted by Gasteiger charge is 2.31. The Hall–Kier alpha value is -2.04. The Labute approximate surface area is 138 Å². The van der Waals surface area contributed by atoms with E-state index in [9.17, 15) is 0 Å². The molecule has 0 radical (unpaired) electrons. The highest BCUT2D eigenvalue weighted by molar-refractivity contribution is 6.41. The van der Waals surface area contributed by atoms with Crippen molar-refractivity contribution in [2.75, 3.05) is 5.01 Å². The Kier molecular flexibility index (Phi) is 4.05. The van der Waals surface area contributed by atoms with Crippen molar-refractivity contribution in [3.63, 3.8) is 0 Å². The van der Waals surface area contributed by atoms with E-state index in [1.165, 1.54) is 0 Å². The largest absolute Gasteiger partial charge is 0.383 e. The zero-order chi connectivity index (χ0) is 15.7. The van der Waals surface area contributed by atoms with Gasteiger partial charge in [-0.2, -0.15) is 5.10 Å². The Morgan fingerprint density at radius 3 is 2.55 bits per heavy atom. The number of hydrazone groups is 1. The SMILES string of the molecule is N=C(N)C1=NN(c2ccc(Cl)cc2Cl)C(c2ccccc2)C1. The highest BCUT2D eigenvalue weighted by atomic mass is 35.5. The van der Waals surface area contributed by atoms with E-state index >= 15 is 0 Å². The fraction of sp³-hybridized carbons (Fsp3) is 0.125. The van der Waals surface area contributed by atoms with Crippen LogP contribution in [0.3, 0.4) is 0 Å². The summed E-state index contributed by atoms with van der Waals surface area (Å²) in [5.41, 5.74) is 8.01. The normalized spacial score (nSPS) is 17.5. The van der Waals surface area contributed by atoms with E-state index in [-0.39, 0.29) is 11.9 Å². The monoisotopic (exact) mass is 332 g/mol. The van der Waals surface area contributed by atoms with Gasteiger partial charge in [0.05, 0.1) is 16.8 Å². The molecule has 3 rings (SSSR count). The lowest BCUT2D eigenvalue weighted by Crippen LogP contribution is -2.21. The summed E-state index contributed by atoms with van der Waals surface area (Å²) >= 11 is 12.3. The van der Waals surface area contributed by atoms with Gasteiger partial charge in [-0.25, -0.2) is 0 Å². The third-order valence-electron chi connectivity index (χ3n) is 3.56. The summed E-state index contributed by atoms with van der Waals surface area (Å²) in [6, 6.07) is 15.2. The van der Waals surface area contributed by atoms with E-state index in [2.05, 4.69) is 5.10 Å². The minimum absolute atomic E-state index is 0.0199. The van der Waals surface area contributed by atoms with Gasteiger partial charge in [-0.1, -0.05) is 53.5 Å². The lowest BCUT2D eigenvalue weighted by Gasteiger charge is -2.24. The molecule has 22 heavy (non-hydrogen) atoms. The van der Waals surface area contributed by atoms with Crippen LogP contribution in [-0.4, -0.2) is 11.5 Å². The van der Waals surface area contributed by atoms with Crippen LogP contribution >= 0.6 is 23.2 Å². The first kappa shape index (κ1) is 14.9. The van der Waals surface area contributed by atoms with Gasteiger partial charge in [0, 0.05) is 11.4 Å². The van der Waals surface area contributed by atoms with Gasteiger partial charge in [0.1, 0.15) is 11.5 Å². The van der Waals surface area contributed by atoms with E-state index < -0.39 is 0 Å². The molecular formula is C16H14Cl2N4. The molecule has 1 atom stereocenters. The van der Waals surface area contributed by atoms with Crippen LogP contribution in [0.25, 0.3) is 0 Å². The van der Waals surface area contributed by atoms with Crippen LogP contribution in [0.5, 0.6) is 0 Å². The topological polar surface area (TPSA) is 65.5 Å². The van der Waals surface area contributed by atoms with Crippen molar-refractivity contribution in [3.8, 4) is 0 Å². The Morgan fingerprint density at radius 1 is 1.18 bits per heavy atom. The Morgan fingerprint density at radius 2 is 1.91 bits per heavy atom. The first-order valence-electron chi connectivity index (χ1n) is 6.77. The lowest BCUT2D eigenvalue weighted by molar-refractivity contribution is 0.709. The van der Waals surface area contributed by atoms with E-state index in [1.54, 1.807) is 12.1 Å². The maximum Gasteiger partial charge on any atom is 0.139 e. The van der Waals surface area contributed by atoms with Gasteiger partial charge in [-0.15, -0.1) is 0 Å². The van der Waals surface area contributed by atoms with Crippen molar-refractivity contribution >= 4 is 40.4 Å². The summed E-state index contributed by atoms with van der Waals surface area (Å²) in [7, 11) is 0. The standard InChI is InChI=1S/C16H14Cl2N4/c17-11-6-7-14(12(18)8-11)22-15(9-13(21-22)16(19)20)10-4-2-1-3-5-10/h1-8,15H,9H2,(H3,19,20).